The molecule has 0 heterocycles. The third-order valence-corrected chi connectivity index (χ3v) is 8.06. The van der Waals surface area contributed by atoms with Gasteiger partial charge in [0.2, 0.25) is 0 Å². The van der Waals surface area contributed by atoms with E-state index in [1.165, 1.54) is 82.6 Å². The summed E-state index contributed by atoms with van der Waals surface area (Å²) < 4.78 is 5.81. The quantitative estimate of drug-likeness (QED) is 0.0688. The Labute approximate surface area is 255 Å². The Bertz CT molecular complexity index is 1180. The highest BCUT2D eigenvalue weighted by atomic mass is 16.5. The van der Waals surface area contributed by atoms with Crippen molar-refractivity contribution in [2.24, 2.45) is 0 Å². The smallest absolute Gasteiger partial charge is 0.170 e. The second-order valence-corrected chi connectivity index (χ2v) is 11.7. The lowest BCUT2D eigenvalue weighted by atomic mass is 9.97. The molecule has 0 atom stereocenters. The van der Waals surface area contributed by atoms with Gasteiger partial charge in [-0.3, -0.25) is 9.59 Å². The van der Waals surface area contributed by atoms with E-state index in [9.17, 15) is 9.59 Å². The maximum Gasteiger partial charge on any atom is 0.170 e. The fourth-order valence-corrected chi connectivity index (χ4v) is 5.36. The molecule has 3 aromatic carbocycles. The summed E-state index contributed by atoms with van der Waals surface area (Å²) >= 11 is 0. The van der Waals surface area contributed by atoms with Gasteiger partial charge >= 0.3 is 0 Å². The number of ketones is 2. The van der Waals surface area contributed by atoms with Crippen LogP contribution in [0.5, 0.6) is 5.75 Å². The molecule has 0 aliphatic heterocycles. The Hall–Kier alpha value is -3.20. The molecule has 0 saturated heterocycles. The van der Waals surface area contributed by atoms with Crippen molar-refractivity contribution in [2.45, 2.75) is 117 Å². The molecule has 0 aliphatic carbocycles. The molecular formula is C39H52O3. The normalized spacial score (nSPS) is 11.0. The number of unbranched alkanes of at least 4 members (excludes halogenated alkanes) is 12. The first-order valence-corrected chi connectivity index (χ1v) is 16.6. The second kappa shape index (κ2) is 19.8. The first kappa shape index (κ1) is 33.3. The lowest BCUT2D eigenvalue weighted by molar-refractivity contribution is 0.0894. The standard InChI is InChI=1S/C39H52O3/c1-3-5-7-9-10-11-12-13-14-15-18-32-21-23-33(24-22-32)34-25-27-35(28-26-34)38(40)31-39(41)36-19-17-20-37(30-36)42-29-16-8-6-4-2/h17,19-28,30H,3-16,18,29,31H2,1-2H3. The Morgan fingerprint density at radius 3 is 1.69 bits per heavy atom. The summed E-state index contributed by atoms with van der Waals surface area (Å²) in [6, 6.07) is 23.6. The van der Waals surface area contributed by atoms with Crippen molar-refractivity contribution >= 4 is 11.6 Å². The van der Waals surface area contributed by atoms with Crippen LogP contribution in [-0.4, -0.2) is 18.2 Å². The Kier molecular flexibility index (Phi) is 15.7. The number of Topliss-reactive ketones (excluding diaryl/α,β-unsaturated/α-hetero) is 2. The van der Waals surface area contributed by atoms with Crippen molar-refractivity contribution < 1.29 is 14.3 Å². The van der Waals surface area contributed by atoms with E-state index in [1.54, 1.807) is 12.1 Å². The summed E-state index contributed by atoms with van der Waals surface area (Å²) in [4.78, 5) is 25.7. The molecule has 0 spiro atoms. The number of benzene rings is 3. The maximum absolute atomic E-state index is 12.9. The summed E-state index contributed by atoms with van der Waals surface area (Å²) in [5.74, 6) is 0.339. The van der Waals surface area contributed by atoms with Crippen LogP contribution in [0.2, 0.25) is 0 Å². The van der Waals surface area contributed by atoms with Gasteiger partial charge in [-0.05, 0) is 48.1 Å². The van der Waals surface area contributed by atoms with Crippen LogP contribution in [0.25, 0.3) is 11.1 Å². The van der Waals surface area contributed by atoms with E-state index in [4.69, 9.17) is 4.74 Å². The minimum atomic E-state index is -0.182. The number of carbonyl (C=O) groups is 2. The highest BCUT2D eigenvalue weighted by Crippen LogP contribution is 2.23. The minimum absolute atomic E-state index is 0.146. The predicted octanol–water partition coefficient (Wildman–Crippen LogP) is 11.2. The molecule has 0 N–H and O–H groups in total. The fourth-order valence-electron chi connectivity index (χ4n) is 5.36. The lowest BCUT2D eigenvalue weighted by Crippen LogP contribution is -2.09. The molecule has 0 radical (unpaired) electrons. The van der Waals surface area contributed by atoms with E-state index < -0.39 is 0 Å². The Balaban J connectivity index is 1.40. The Morgan fingerprint density at radius 1 is 0.548 bits per heavy atom. The molecule has 0 amide bonds. The molecule has 0 bridgehead atoms. The topological polar surface area (TPSA) is 43.4 Å². The minimum Gasteiger partial charge on any atom is -0.494 e. The van der Waals surface area contributed by atoms with E-state index in [1.807, 2.05) is 36.4 Å². The van der Waals surface area contributed by atoms with Crippen LogP contribution >= 0.6 is 0 Å². The summed E-state index contributed by atoms with van der Waals surface area (Å²) in [5, 5.41) is 0. The van der Waals surface area contributed by atoms with E-state index in [0.717, 1.165) is 30.4 Å². The van der Waals surface area contributed by atoms with Crippen molar-refractivity contribution in [2.75, 3.05) is 6.61 Å². The third-order valence-electron chi connectivity index (χ3n) is 8.06. The number of hydrogen-bond donors (Lipinski definition) is 0. The molecule has 0 fully saturated rings. The number of aryl methyl sites for hydroxylation is 1. The molecule has 0 saturated carbocycles. The van der Waals surface area contributed by atoms with Crippen LogP contribution in [0.4, 0.5) is 0 Å². The van der Waals surface area contributed by atoms with Crippen LogP contribution in [0.15, 0.2) is 72.8 Å². The maximum atomic E-state index is 12.9. The zero-order valence-corrected chi connectivity index (χ0v) is 26.2. The Morgan fingerprint density at radius 2 is 1.07 bits per heavy atom. The predicted molar refractivity (Wildman–Crippen MR) is 177 cm³/mol. The molecule has 226 valence electrons. The molecule has 0 unspecified atom stereocenters. The molecule has 3 nitrogen and oxygen atoms in total. The van der Waals surface area contributed by atoms with E-state index >= 15 is 0 Å². The van der Waals surface area contributed by atoms with E-state index in [2.05, 4.69) is 38.1 Å². The highest BCUT2D eigenvalue weighted by Gasteiger charge is 2.15. The second-order valence-electron chi connectivity index (χ2n) is 11.7. The molecule has 3 aromatic rings. The van der Waals surface area contributed by atoms with Gasteiger partial charge in [-0.25, -0.2) is 0 Å². The summed E-state index contributed by atoms with van der Waals surface area (Å²) in [5.41, 5.74) is 4.68. The lowest BCUT2D eigenvalue weighted by Gasteiger charge is -2.08. The van der Waals surface area contributed by atoms with E-state index in [-0.39, 0.29) is 18.0 Å². The number of rotatable bonds is 22. The van der Waals surface area contributed by atoms with Crippen LogP contribution < -0.4 is 4.74 Å². The first-order valence-electron chi connectivity index (χ1n) is 16.6. The van der Waals surface area contributed by atoms with Gasteiger partial charge in [-0.1, -0.05) is 152 Å². The van der Waals surface area contributed by atoms with Gasteiger partial charge < -0.3 is 4.74 Å². The van der Waals surface area contributed by atoms with Crippen LogP contribution in [0.3, 0.4) is 0 Å². The third kappa shape index (κ3) is 12.3. The summed E-state index contributed by atoms with van der Waals surface area (Å²) in [7, 11) is 0. The first-order chi connectivity index (χ1) is 20.6. The van der Waals surface area contributed by atoms with Gasteiger partial charge in [0.05, 0.1) is 13.0 Å². The van der Waals surface area contributed by atoms with Gasteiger partial charge in [0.25, 0.3) is 0 Å². The zero-order valence-electron chi connectivity index (χ0n) is 26.2. The summed E-state index contributed by atoms with van der Waals surface area (Å²) in [6.45, 7) is 5.10. The van der Waals surface area contributed by atoms with Gasteiger partial charge in [0.1, 0.15) is 5.75 Å². The van der Waals surface area contributed by atoms with Crippen LogP contribution in [0.1, 0.15) is 136 Å². The number of carbonyl (C=O) groups excluding carboxylic acids is 2. The van der Waals surface area contributed by atoms with E-state index in [0.29, 0.717) is 23.5 Å². The van der Waals surface area contributed by atoms with Crippen molar-refractivity contribution in [1.29, 1.82) is 0 Å². The molecule has 3 rings (SSSR count). The van der Waals surface area contributed by atoms with Crippen molar-refractivity contribution in [3.05, 3.63) is 89.5 Å². The SMILES string of the molecule is CCCCCCCCCCCCc1ccc(-c2ccc(C(=O)CC(=O)c3cccc(OCCCCCC)c3)cc2)cc1. The molecule has 3 heteroatoms. The average Bonchev–Trinajstić information content (AvgIpc) is 3.02. The molecule has 0 aromatic heterocycles. The monoisotopic (exact) mass is 568 g/mol. The highest BCUT2D eigenvalue weighted by molar-refractivity contribution is 6.13. The average molecular weight is 569 g/mol. The van der Waals surface area contributed by atoms with Gasteiger partial charge in [-0.2, -0.15) is 0 Å². The molecule has 42 heavy (non-hydrogen) atoms. The number of ether oxygens (including phenoxy) is 1. The van der Waals surface area contributed by atoms with Crippen molar-refractivity contribution in [1.82, 2.24) is 0 Å². The van der Waals surface area contributed by atoms with Gasteiger partial charge in [0.15, 0.2) is 11.6 Å². The van der Waals surface area contributed by atoms with Crippen molar-refractivity contribution in [3.63, 3.8) is 0 Å². The fraction of sp³-hybridized carbons (Fsp3) is 0.487. The summed E-state index contributed by atoms with van der Waals surface area (Å²) in [6.07, 6.45) is 19.1. The number of hydrogen-bond acceptors (Lipinski definition) is 3. The van der Waals surface area contributed by atoms with Crippen LogP contribution in [-0.2, 0) is 6.42 Å². The van der Waals surface area contributed by atoms with Gasteiger partial charge in [-0.15, -0.1) is 0 Å². The molecule has 0 aliphatic rings. The largest absolute Gasteiger partial charge is 0.494 e. The zero-order chi connectivity index (χ0) is 29.8. The van der Waals surface area contributed by atoms with Gasteiger partial charge in [0, 0.05) is 11.1 Å². The van der Waals surface area contributed by atoms with Crippen LogP contribution in [0, 0.1) is 0 Å². The molecular weight excluding hydrogens is 516 g/mol. The van der Waals surface area contributed by atoms with Crippen molar-refractivity contribution in [3.8, 4) is 16.9 Å².